The van der Waals surface area contributed by atoms with Gasteiger partial charge < -0.3 is 14.7 Å². The summed E-state index contributed by atoms with van der Waals surface area (Å²) in [5, 5.41) is 11.7. The second-order valence-corrected chi connectivity index (χ2v) is 9.35. The molecule has 1 saturated carbocycles. The summed E-state index contributed by atoms with van der Waals surface area (Å²) >= 11 is 1.30. The van der Waals surface area contributed by atoms with E-state index in [0.29, 0.717) is 17.2 Å². The number of nitrogens with zero attached hydrogens (tertiary/aromatic N) is 2. The first-order valence-corrected chi connectivity index (χ1v) is 11.7. The number of aliphatic hydroxyl groups is 1. The highest BCUT2D eigenvalue weighted by atomic mass is 32.1. The van der Waals surface area contributed by atoms with Crippen LogP contribution >= 0.6 is 11.3 Å². The highest BCUT2D eigenvalue weighted by Gasteiger charge is 2.47. The predicted octanol–water partition coefficient (Wildman–Crippen LogP) is 5.07. The van der Waals surface area contributed by atoms with Crippen molar-refractivity contribution in [2.24, 2.45) is 0 Å². The zero-order valence-electron chi connectivity index (χ0n) is 18.2. The molecule has 1 atom stereocenters. The molecule has 2 aliphatic rings. The summed E-state index contributed by atoms with van der Waals surface area (Å²) in [5.74, 6) is -0.464. The van der Waals surface area contributed by atoms with E-state index in [-0.39, 0.29) is 17.4 Å². The topological polar surface area (TPSA) is 79.7 Å². The van der Waals surface area contributed by atoms with Crippen LogP contribution in [0.3, 0.4) is 0 Å². The van der Waals surface area contributed by atoms with Crippen LogP contribution in [0.5, 0.6) is 5.75 Å². The molecule has 0 spiro atoms. The van der Waals surface area contributed by atoms with Gasteiger partial charge in [-0.15, -0.1) is 11.3 Å². The average Bonchev–Trinajstić information content (AvgIpc) is 3.24. The van der Waals surface area contributed by atoms with Crippen molar-refractivity contribution in [3.8, 4) is 5.75 Å². The van der Waals surface area contributed by atoms with Gasteiger partial charge in [0, 0.05) is 6.04 Å². The molecule has 0 saturated heterocycles. The van der Waals surface area contributed by atoms with Gasteiger partial charge in [0.05, 0.1) is 33.8 Å². The molecule has 4 rings (SSSR count). The number of benzene rings is 1. The Labute approximate surface area is 186 Å². The Hall–Kier alpha value is -2.67. The first-order valence-electron chi connectivity index (χ1n) is 10.9. The standard InChI is InChI=1S/C24H28N2O4S/c1-4-30-18-12-10-16(11-13-18)20-19(21(27)23-14(2)25-15(3)31-23)22(28)24(29)26(20)17-8-6-5-7-9-17/h10-13,17,20,28H,4-9H2,1-3H3. The van der Waals surface area contributed by atoms with Crippen molar-refractivity contribution in [2.75, 3.05) is 6.61 Å². The van der Waals surface area contributed by atoms with E-state index in [1.165, 1.54) is 11.3 Å². The van der Waals surface area contributed by atoms with Crippen LogP contribution in [0.15, 0.2) is 35.6 Å². The van der Waals surface area contributed by atoms with Gasteiger partial charge in [-0.3, -0.25) is 9.59 Å². The minimum Gasteiger partial charge on any atom is -0.503 e. The molecule has 1 unspecified atom stereocenters. The number of ether oxygens (including phenoxy) is 1. The van der Waals surface area contributed by atoms with Crippen LogP contribution in [0, 0.1) is 13.8 Å². The van der Waals surface area contributed by atoms with Crippen LogP contribution in [0.1, 0.15) is 71.0 Å². The van der Waals surface area contributed by atoms with E-state index >= 15 is 0 Å². The van der Waals surface area contributed by atoms with Crippen LogP contribution in [0.4, 0.5) is 0 Å². The van der Waals surface area contributed by atoms with Gasteiger partial charge >= 0.3 is 0 Å². The Morgan fingerprint density at radius 2 is 1.87 bits per heavy atom. The summed E-state index contributed by atoms with van der Waals surface area (Å²) in [5.41, 5.74) is 1.59. The van der Waals surface area contributed by atoms with E-state index in [9.17, 15) is 14.7 Å². The normalized spacial score (nSPS) is 19.9. The van der Waals surface area contributed by atoms with Crippen molar-refractivity contribution in [2.45, 2.75) is 65.0 Å². The zero-order valence-corrected chi connectivity index (χ0v) is 19.0. The molecule has 0 radical (unpaired) electrons. The van der Waals surface area contributed by atoms with Crippen LogP contribution in [-0.4, -0.2) is 39.3 Å². The number of carbonyl (C=O) groups excluding carboxylic acids is 2. The van der Waals surface area contributed by atoms with Gasteiger partial charge in [0.1, 0.15) is 5.75 Å². The molecule has 1 aliphatic carbocycles. The number of aromatic nitrogens is 1. The molecule has 0 bridgehead atoms. The lowest BCUT2D eigenvalue weighted by Gasteiger charge is -2.36. The summed E-state index contributed by atoms with van der Waals surface area (Å²) < 4.78 is 5.56. The molecule has 164 valence electrons. The van der Waals surface area contributed by atoms with Crippen molar-refractivity contribution in [3.05, 3.63) is 56.7 Å². The van der Waals surface area contributed by atoms with Crippen molar-refractivity contribution in [1.29, 1.82) is 0 Å². The van der Waals surface area contributed by atoms with E-state index in [1.54, 1.807) is 11.8 Å². The van der Waals surface area contributed by atoms with E-state index < -0.39 is 17.7 Å². The van der Waals surface area contributed by atoms with Gasteiger partial charge in [0.15, 0.2) is 5.76 Å². The molecule has 2 heterocycles. The number of aryl methyl sites for hydroxylation is 2. The van der Waals surface area contributed by atoms with E-state index in [4.69, 9.17) is 4.74 Å². The van der Waals surface area contributed by atoms with Crippen LogP contribution in [0.25, 0.3) is 0 Å². The molecule has 1 amide bonds. The van der Waals surface area contributed by atoms with Crippen molar-refractivity contribution in [3.63, 3.8) is 0 Å². The predicted molar refractivity (Wildman–Crippen MR) is 120 cm³/mol. The number of carbonyl (C=O) groups is 2. The molecule has 1 aromatic heterocycles. The van der Waals surface area contributed by atoms with Crippen LogP contribution in [0.2, 0.25) is 0 Å². The molecule has 6 nitrogen and oxygen atoms in total. The third kappa shape index (κ3) is 3.99. The lowest BCUT2D eigenvalue weighted by molar-refractivity contribution is -0.132. The van der Waals surface area contributed by atoms with Gasteiger partial charge in [0.2, 0.25) is 5.78 Å². The van der Waals surface area contributed by atoms with Crippen molar-refractivity contribution in [1.82, 2.24) is 9.88 Å². The van der Waals surface area contributed by atoms with E-state index in [0.717, 1.165) is 48.4 Å². The Bertz CT molecular complexity index is 1020. The average molecular weight is 441 g/mol. The molecular weight excluding hydrogens is 412 g/mol. The van der Waals surface area contributed by atoms with E-state index in [1.807, 2.05) is 38.1 Å². The number of hydrogen-bond acceptors (Lipinski definition) is 6. The highest BCUT2D eigenvalue weighted by Crippen LogP contribution is 2.43. The molecule has 31 heavy (non-hydrogen) atoms. The van der Waals surface area contributed by atoms with Gasteiger partial charge in [-0.05, 0) is 51.3 Å². The minimum absolute atomic E-state index is 0.00885. The Kier molecular flexibility index (Phi) is 6.14. The van der Waals surface area contributed by atoms with Crippen molar-refractivity contribution >= 4 is 23.0 Å². The zero-order chi connectivity index (χ0) is 22.1. The molecule has 2 aromatic rings. The Morgan fingerprint density at radius 1 is 1.19 bits per heavy atom. The summed E-state index contributed by atoms with van der Waals surface area (Å²) in [6, 6.07) is 6.87. The highest BCUT2D eigenvalue weighted by molar-refractivity contribution is 7.14. The maximum absolute atomic E-state index is 13.6. The minimum atomic E-state index is -0.611. The third-order valence-corrected chi connectivity index (χ3v) is 7.14. The van der Waals surface area contributed by atoms with Gasteiger partial charge in [0.25, 0.3) is 5.91 Å². The van der Waals surface area contributed by atoms with E-state index in [2.05, 4.69) is 4.98 Å². The quantitative estimate of drug-likeness (QED) is 0.635. The first kappa shape index (κ1) is 21.6. The summed E-state index contributed by atoms with van der Waals surface area (Å²) in [4.78, 5) is 33.4. The van der Waals surface area contributed by atoms with Crippen molar-refractivity contribution < 1.29 is 19.4 Å². The number of thiazole rings is 1. The fourth-order valence-electron chi connectivity index (χ4n) is 4.70. The molecule has 1 aromatic carbocycles. The second kappa shape index (κ2) is 8.83. The fraction of sp³-hybridized carbons (Fsp3) is 0.458. The number of amides is 1. The SMILES string of the molecule is CCOc1ccc(C2C(C(=O)c3sc(C)nc3C)=C(O)C(=O)N2C2CCCCC2)cc1. The smallest absolute Gasteiger partial charge is 0.290 e. The number of aliphatic hydroxyl groups excluding tert-OH is 1. The van der Waals surface area contributed by atoms with Crippen LogP contribution < -0.4 is 4.74 Å². The molecule has 1 aliphatic heterocycles. The number of ketones is 1. The molecule has 1 fully saturated rings. The number of rotatable bonds is 6. The lowest BCUT2D eigenvalue weighted by Crippen LogP contribution is -2.41. The number of Topliss-reactive ketones (excluding diaryl/α,β-unsaturated/α-hetero) is 1. The van der Waals surface area contributed by atoms with Crippen LogP contribution in [-0.2, 0) is 4.79 Å². The summed E-state index contributed by atoms with van der Waals surface area (Å²) in [7, 11) is 0. The largest absolute Gasteiger partial charge is 0.503 e. The van der Waals surface area contributed by atoms with Gasteiger partial charge in [-0.25, -0.2) is 4.98 Å². The Morgan fingerprint density at radius 3 is 2.45 bits per heavy atom. The first-order chi connectivity index (χ1) is 14.9. The second-order valence-electron chi connectivity index (χ2n) is 8.15. The maximum atomic E-state index is 13.6. The molecule has 7 heteroatoms. The molecular formula is C24H28N2O4S. The van der Waals surface area contributed by atoms with Gasteiger partial charge in [-0.2, -0.15) is 0 Å². The third-order valence-electron chi connectivity index (χ3n) is 6.07. The summed E-state index contributed by atoms with van der Waals surface area (Å²) in [6.07, 6.45) is 5.00. The monoisotopic (exact) mass is 440 g/mol. The number of hydrogen-bond donors (Lipinski definition) is 1. The Balaban J connectivity index is 1.79. The van der Waals surface area contributed by atoms with Gasteiger partial charge in [-0.1, -0.05) is 31.4 Å². The lowest BCUT2D eigenvalue weighted by atomic mass is 9.90. The maximum Gasteiger partial charge on any atom is 0.290 e. The molecule has 1 N–H and O–H groups in total. The summed E-state index contributed by atoms with van der Waals surface area (Å²) in [6.45, 7) is 6.12. The fourth-order valence-corrected chi connectivity index (χ4v) is 5.57.